The second-order valence-electron chi connectivity index (χ2n) is 8.36. The second kappa shape index (κ2) is 8.47. The van der Waals surface area contributed by atoms with Crippen molar-refractivity contribution in [3.8, 4) is 11.1 Å². The Morgan fingerprint density at radius 1 is 1.07 bits per heavy atom. The van der Waals surface area contributed by atoms with Crippen LogP contribution in [0.3, 0.4) is 0 Å². The lowest BCUT2D eigenvalue weighted by molar-refractivity contribution is -0.132. The normalized spacial score (nSPS) is 24.3. The molecule has 4 rings (SSSR count). The molecule has 1 N–H and O–H groups in total. The standard InChI is InChI=1S/C23H27FN2O3S/c1-30(28,29)25-17-9-6-13-26(14-12-17)23(27)20-15-19(20)22-18(10-5-11-21(22)24)16-7-3-2-4-8-16/h2-5,7-8,10-11,17,19-20,25H,6,9,12-15H2,1H3/t17-,19-,20-/m1/s1. The lowest BCUT2D eigenvalue weighted by Gasteiger charge is -2.21. The topological polar surface area (TPSA) is 66.5 Å². The maximum absolute atomic E-state index is 14.8. The van der Waals surface area contributed by atoms with E-state index < -0.39 is 10.0 Å². The van der Waals surface area contributed by atoms with Gasteiger partial charge in [-0.1, -0.05) is 42.5 Å². The maximum atomic E-state index is 14.8. The molecule has 0 bridgehead atoms. The van der Waals surface area contributed by atoms with Crippen molar-refractivity contribution in [2.45, 2.75) is 37.6 Å². The largest absolute Gasteiger partial charge is 0.342 e. The highest BCUT2D eigenvalue weighted by Gasteiger charge is 2.48. The summed E-state index contributed by atoms with van der Waals surface area (Å²) >= 11 is 0. The predicted octanol–water partition coefficient (Wildman–Crippen LogP) is 3.53. The van der Waals surface area contributed by atoms with Gasteiger partial charge >= 0.3 is 0 Å². The zero-order valence-corrected chi connectivity index (χ0v) is 17.9. The fourth-order valence-electron chi connectivity index (χ4n) is 4.54. The van der Waals surface area contributed by atoms with Crippen LogP contribution in [0.2, 0.25) is 0 Å². The van der Waals surface area contributed by atoms with Crippen molar-refractivity contribution in [1.82, 2.24) is 9.62 Å². The van der Waals surface area contributed by atoms with Crippen LogP contribution >= 0.6 is 0 Å². The van der Waals surface area contributed by atoms with Crippen LogP contribution in [0.5, 0.6) is 0 Å². The molecule has 0 unspecified atom stereocenters. The minimum atomic E-state index is -3.26. The molecule has 1 saturated carbocycles. The molecule has 2 aromatic carbocycles. The van der Waals surface area contributed by atoms with Gasteiger partial charge < -0.3 is 4.90 Å². The molecule has 2 aliphatic rings. The third-order valence-electron chi connectivity index (χ3n) is 6.04. The Labute approximate surface area is 177 Å². The van der Waals surface area contributed by atoms with Crippen LogP contribution < -0.4 is 4.72 Å². The van der Waals surface area contributed by atoms with Crippen molar-refractivity contribution in [2.75, 3.05) is 19.3 Å². The number of nitrogens with zero attached hydrogens (tertiary/aromatic N) is 1. The van der Waals surface area contributed by atoms with E-state index in [1.165, 1.54) is 6.07 Å². The van der Waals surface area contributed by atoms with E-state index in [4.69, 9.17) is 0 Å². The van der Waals surface area contributed by atoms with Gasteiger partial charge in [-0.3, -0.25) is 4.79 Å². The lowest BCUT2D eigenvalue weighted by atomic mass is 9.95. The number of hydrogen-bond donors (Lipinski definition) is 1. The third kappa shape index (κ3) is 4.73. The van der Waals surface area contributed by atoms with Crippen molar-refractivity contribution < 1.29 is 17.6 Å². The minimum absolute atomic E-state index is 0.0577. The number of carbonyl (C=O) groups excluding carboxylic acids is 1. The molecule has 1 aliphatic heterocycles. The number of likely N-dealkylation sites (tertiary alicyclic amines) is 1. The molecule has 0 radical (unpaired) electrons. The number of halogens is 1. The first kappa shape index (κ1) is 21.0. The number of sulfonamides is 1. The summed E-state index contributed by atoms with van der Waals surface area (Å²) in [5, 5.41) is 0. The van der Waals surface area contributed by atoms with Crippen molar-refractivity contribution in [1.29, 1.82) is 0 Å². The summed E-state index contributed by atoms with van der Waals surface area (Å²) in [4.78, 5) is 14.9. The molecule has 1 amide bonds. The highest BCUT2D eigenvalue weighted by atomic mass is 32.2. The SMILES string of the molecule is CS(=O)(=O)N[C@@H]1CCCN(C(=O)[C@@H]2C[C@H]2c2c(F)cccc2-c2ccccc2)CC1. The molecule has 2 aromatic rings. The summed E-state index contributed by atoms with van der Waals surface area (Å²) in [6, 6.07) is 14.7. The fourth-order valence-corrected chi connectivity index (χ4v) is 5.38. The van der Waals surface area contributed by atoms with Gasteiger partial charge in [-0.15, -0.1) is 0 Å². The molecule has 0 spiro atoms. The molecule has 30 heavy (non-hydrogen) atoms. The Bertz CT molecular complexity index is 1030. The molecule has 2 fully saturated rings. The van der Waals surface area contributed by atoms with Crippen LogP contribution in [0, 0.1) is 11.7 Å². The number of amides is 1. The molecule has 7 heteroatoms. The molecular weight excluding hydrogens is 403 g/mol. The number of hydrogen-bond acceptors (Lipinski definition) is 3. The molecular formula is C23H27FN2O3S. The molecule has 160 valence electrons. The van der Waals surface area contributed by atoms with Gasteiger partial charge in [0, 0.05) is 25.0 Å². The predicted molar refractivity (Wildman–Crippen MR) is 115 cm³/mol. The van der Waals surface area contributed by atoms with E-state index in [0.717, 1.165) is 30.2 Å². The van der Waals surface area contributed by atoms with Crippen molar-refractivity contribution in [3.05, 3.63) is 59.9 Å². The van der Waals surface area contributed by atoms with E-state index in [9.17, 15) is 17.6 Å². The molecule has 5 nitrogen and oxygen atoms in total. The average Bonchev–Trinajstić information content (AvgIpc) is 3.51. The van der Waals surface area contributed by atoms with E-state index in [0.29, 0.717) is 31.5 Å². The molecule has 1 saturated heterocycles. The number of nitrogens with one attached hydrogen (secondary N) is 1. The average molecular weight is 431 g/mol. The molecule has 0 aromatic heterocycles. The Balaban J connectivity index is 1.47. The lowest BCUT2D eigenvalue weighted by Crippen LogP contribution is -2.36. The van der Waals surface area contributed by atoms with Gasteiger partial charge in [0.15, 0.2) is 0 Å². The molecule has 3 atom stereocenters. The van der Waals surface area contributed by atoms with Crippen LogP contribution in [-0.2, 0) is 14.8 Å². The first-order chi connectivity index (χ1) is 14.3. The fraction of sp³-hybridized carbons (Fsp3) is 0.435. The summed E-state index contributed by atoms with van der Waals surface area (Å²) in [5.74, 6) is -0.516. The molecule has 1 aliphatic carbocycles. The van der Waals surface area contributed by atoms with E-state index in [1.807, 2.05) is 41.3 Å². The van der Waals surface area contributed by atoms with Crippen LogP contribution in [0.4, 0.5) is 4.39 Å². The Morgan fingerprint density at radius 3 is 2.57 bits per heavy atom. The quantitative estimate of drug-likeness (QED) is 0.789. The summed E-state index contributed by atoms with van der Waals surface area (Å²) in [7, 11) is -3.26. The van der Waals surface area contributed by atoms with E-state index in [-0.39, 0.29) is 29.6 Å². The van der Waals surface area contributed by atoms with Crippen LogP contribution in [0.15, 0.2) is 48.5 Å². The smallest absolute Gasteiger partial charge is 0.226 e. The van der Waals surface area contributed by atoms with Crippen molar-refractivity contribution >= 4 is 15.9 Å². The van der Waals surface area contributed by atoms with Gasteiger partial charge in [0.25, 0.3) is 0 Å². The van der Waals surface area contributed by atoms with E-state index in [2.05, 4.69) is 4.72 Å². The Hall–Kier alpha value is -2.25. The van der Waals surface area contributed by atoms with Gasteiger partial charge in [0.2, 0.25) is 15.9 Å². The zero-order chi connectivity index (χ0) is 21.3. The number of carbonyl (C=O) groups is 1. The Morgan fingerprint density at radius 2 is 1.83 bits per heavy atom. The van der Waals surface area contributed by atoms with Gasteiger partial charge in [0.1, 0.15) is 5.82 Å². The third-order valence-corrected chi connectivity index (χ3v) is 6.80. The first-order valence-electron chi connectivity index (χ1n) is 10.4. The van der Waals surface area contributed by atoms with Gasteiger partial charge in [0.05, 0.1) is 6.26 Å². The summed E-state index contributed by atoms with van der Waals surface area (Å²) in [6.07, 6.45) is 3.89. The van der Waals surface area contributed by atoms with Crippen LogP contribution in [0.25, 0.3) is 11.1 Å². The Kier molecular flexibility index (Phi) is 5.93. The second-order valence-corrected chi connectivity index (χ2v) is 10.1. The minimum Gasteiger partial charge on any atom is -0.342 e. The highest BCUT2D eigenvalue weighted by Crippen LogP contribution is 2.52. The van der Waals surface area contributed by atoms with E-state index in [1.54, 1.807) is 6.07 Å². The first-order valence-corrected chi connectivity index (χ1v) is 12.3. The van der Waals surface area contributed by atoms with Crippen LogP contribution in [0.1, 0.15) is 37.2 Å². The van der Waals surface area contributed by atoms with Crippen molar-refractivity contribution in [2.24, 2.45) is 5.92 Å². The monoisotopic (exact) mass is 430 g/mol. The summed E-state index contributed by atoms with van der Waals surface area (Å²) < 4.78 is 40.4. The summed E-state index contributed by atoms with van der Waals surface area (Å²) in [6.45, 7) is 1.14. The molecule has 1 heterocycles. The number of rotatable bonds is 5. The maximum Gasteiger partial charge on any atom is 0.226 e. The highest BCUT2D eigenvalue weighted by molar-refractivity contribution is 7.88. The number of benzene rings is 2. The van der Waals surface area contributed by atoms with Crippen LogP contribution in [-0.4, -0.2) is 44.6 Å². The van der Waals surface area contributed by atoms with Gasteiger partial charge in [-0.25, -0.2) is 17.5 Å². The van der Waals surface area contributed by atoms with E-state index >= 15 is 0 Å². The van der Waals surface area contributed by atoms with Gasteiger partial charge in [-0.05, 0) is 54.4 Å². The van der Waals surface area contributed by atoms with Gasteiger partial charge in [-0.2, -0.15) is 0 Å². The van der Waals surface area contributed by atoms with Crippen molar-refractivity contribution in [3.63, 3.8) is 0 Å². The zero-order valence-electron chi connectivity index (χ0n) is 17.1. The summed E-state index contributed by atoms with van der Waals surface area (Å²) in [5.41, 5.74) is 2.44.